The third-order valence-electron chi connectivity index (χ3n) is 3.22. The van der Waals surface area contributed by atoms with Gasteiger partial charge in [0.15, 0.2) is 5.96 Å². The van der Waals surface area contributed by atoms with Gasteiger partial charge in [0.25, 0.3) is 0 Å². The first kappa shape index (κ1) is 20.1. The minimum absolute atomic E-state index is 0.0476. The first-order valence-electron chi connectivity index (χ1n) is 7.90. The highest BCUT2D eigenvalue weighted by atomic mass is 32.2. The quantitative estimate of drug-likeness (QED) is 0.292. The van der Waals surface area contributed by atoms with Crippen molar-refractivity contribution in [2.75, 3.05) is 65.2 Å². The molecule has 1 rings (SSSR count). The van der Waals surface area contributed by atoms with Gasteiger partial charge in [0, 0.05) is 39.6 Å². The molecule has 0 aromatic carbocycles. The zero-order valence-electron chi connectivity index (χ0n) is 14.0. The van der Waals surface area contributed by atoms with Crippen molar-refractivity contribution >= 4 is 15.8 Å². The number of hydrogen-bond donors (Lipinski definition) is 2. The summed E-state index contributed by atoms with van der Waals surface area (Å²) in [5.41, 5.74) is 0. The molecule has 1 aliphatic rings. The topological polar surface area (TPSA) is 98.2 Å². The molecular weight excluding hydrogens is 322 g/mol. The van der Waals surface area contributed by atoms with Crippen LogP contribution in [0.2, 0.25) is 0 Å². The maximum absolute atomic E-state index is 10.9. The van der Waals surface area contributed by atoms with Gasteiger partial charge in [-0.05, 0) is 12.8 Å². The minimum Gasteiger partial charge on any atom is -0.379 e. The van der Waals surface area contributed by atoms with Gasteiger partial charge in [0.05, 0.1) is 31.7 Å². The second-order valence-electron chi connectivity index (χ2n) is 5.38. The van der Waals surface area contributed by atoms with Crippen molar-refractivity contribution in [1.82, 2.24) is 10.6 Å². The lowest BCUT2D eigenvalue weighted by molar-refractivity contribution is 0.0420. The lowest BCUT2D eigenvalue weighted by Gasteiger charge is -2.13. The van der Waals surface area contributed by atoms with Crippen molar-refractivity contribution in [3.8, 4) is 0 Å². The average molecular weight is 351 g/mol. The smallest absolute Gasteiger partial charge is 0.191 e. The molecule has 0 aliphatic carbocycles. The number of nitrogens with one attached hydrogen (secondary N) is 2. The molecule has 0 saturated carbocycles. The van der Waals surface area contributed by atoms with E-state index < -0.39 is 9.84 Å². The molecule has 1 heterocycles. The van der Waals surface area contributed by atoms with Crippen LogP contribution in [0.3, 0.4) is 0 Å². The molecule has 1 atom stereocenters. The molecule has 2 N–H and O–H groups in total. The van der Waals surface area contributed by atoms with Gasteiger partial charge in [0.2, 0.25) is 0 Å². The largest absolute Gasteiger partial charge is 0.379 e. The first-order valence-corrected chi connectivity index (χ1v) is 9.96. The highest BCUT2D eigenvalue weighted by Crippen LogP contribution is 2.07. The van der Waals surface area contributed by atoms with E-state index in [0.29, 0.717) is 32.3 Å². The zero-order chi connectivity index (χ0) is 17.0. The van der Waals surface area contributed by atoms with E-state index >= 15 is 0 Å². The van der Waals surface area contributed by atoms with Crippen LogP contribution in [0.25, 0.3) is 0 Å². The van der Waals surface area contributed by atoms with E-state index in [9.17, 15) is 8.42 Å². The van der Waals surface area contributed by atoms with Crippen LogP contribution in [0.1, 0.15) is 12.8 Å². The van der Waals surface area contributed by atoms with Gasteiger partial charge >= 0.3 is 0 Å². The molecule has 1 fully saturated rings. The molecule has 1 unspecified atom stereocenters. The third-order valence-corrected chi connectivity index (χ3v) is 4.12. The van der Waals surface area contributed by atoms with E-state index in [2.05, 4.69) is 15.6 Å². The van der Waals surface area contributed by atoms with Crippen molar-refractivity contribution in [3.05, 3.63) is 0 Å². The number of aliphatic imine (C=N–C) groups is 1. The summed E-state index contributed by atoms with van der Waals surface area (Å²) in [5, 5.41) is 6.29. The molecule has 0 bridgehead atoms. The number of hydrogen-bond acceptors (Lipinski definition) is 6. The highest BCUT2D eigenvalue weighted by Gasteiger charge is 2.15. The Kier molecular flexibility index (Phi) is 10.2. The van der Waals surface area contributed by atoms with Crippen molar-refractivity contribution in [3.63, 3.8) is 0 Å². The molecule has 0 spiro atoms. The molecule has 1 aliphatic heterocycles. The van der Waals surface area contributed by atoms with Crippen molar-refractivity contribution in [1.29, 1.82) is 0 Å². The summed E-state index contributed by atoms with van der Waals surface area (Å²) in [7, 11) is -1.26. The highest BCUT2D eigenvalue weighted by molar-refractivity contribution is 7.90. The molecule has 0 radical (unpaired) electrons. The summed E-state index contributed by atoms with van der Waals surface area (Å²) < 4.78 is 38.0. The Morgan fingerprint density at radius 2 is 2.04 bits per heavy atom. The molecule has 0 aromatic rings. The Morgan fingerprint density at radius 1 is 1.26 bits per heavy atom. The monoisotopic (exact) mass is 351 g/mol. The second kappa shape index (κ2) is 11.6. The minimum atomic E-state index is -2.96. The Balaban J connectivity index is 1.95. The van der Waals surface area contributed by atoms with Crippen LogP contribution in [-0.2, 0) is 24.0 Å². The number of ether oxygens (including phenoxy) is 3. The summed E-state index contributed by atoms with van der Waals surface area (Å²) in [5.74, 6) is 0.743. The maximum atomic E-state index is 10.9. The number of nitrogens with zero attached hydrogens (tertiary/aromatic N) is 1. The molecule has 1 saturated heterocycles. The van der Waals surface area contributed by atoms with E-state index in [1.165, 1.54) is 6.26 Å². The molecular formula is C14H29N3O5S. The fraction of sp³-hybridized carbons (Fsp3) is 0.929. The van der Waals surface area contributed by atoms with Crippen molar-refractivity contribution in [2.45, 2.75) is 18.9 Å². The fourth-order valence-corrected chi connectivity index (χ4v) is 2.37. The predicted octanol–water partition coefficient (Wildman–Crippen LogP) is -0.592. The molecule has 8 nitrogen and oxygen atoms in total. The van der Waals surface area contributed by atoms with Crippen LogP contribution in [0.5, 0.6) is 0 Å². The summed E-state index contributed by atoms with van der Waals surface area (Å²) in [6, 6.07) is 0. The van der Waals surface area contributed by atoms with Crippen LogP contribution < -0.4 is 10.6 Å². The van der Waals surface area contributed by atoms with Gasteiger partial charge in [-0.3, -0.25) is 4.99 Å². The number of rotatable bonds is 11. The van der Waals surface area contributed by atoms with E-state index in [4.69, 9.17) is 14.2 Å². The zero-order valence-corrected chi connectivity index (χ0v) is 14.9. The standard InChI is InChI=1S/C14H29N3O5S/c1-15-14(17-6-9-20-10-11-23(2,18)19)16-5-3-7-22-13-4-8-21-12-13/h13H,3-12H2,1-2H3,(H2,15,16,17). The van der Waals surface area contributed by atoms with Gasteiger partial charge in [-0.25, -0.2) is 8.42 Å². The molecule has 9 heteroatoms. The molecule has 136 valence electrons. The van der Waals surface area contributed by atoms with E-state index in [-0.39, 0.29) is 18.5 Å². The van der Waals surface area contributed by atoms with Gasteiger partial charge in [-0.15, -0.1) is 0 Å². The van der Waals surface area contributed by atoms with Gasteiger partial charge in [-0.2, -0.15) is 0 Å². The number of guanidine groups is 1. The van der Waals surface area contributed by atoms with Crippen LogP contribution in [0.15, 0.2) is 4.99 Å². The summed E-state index contributed by atoms with van der Waals surface area (Å²) in [4.78, 5) is 4.10. The van der Waals surface area contributed by atoms with Crippen LogP contribution in [0, 0.1) is 0 Å². The van der Waals surface area contributed by atoms with Crippen molar-refractivity contribution in [2.24, 2.45) is 4.99 Å². The second-order valence-corrected chi connectivity index (χ2v) is 7.64. The van der Waals surface area contributed by atoms with Crippen LogP contribution in [0.4, 0.5) is 0 Å². The Bertz CT molecular complexity index is 436. The van der Waals surface area contributed by atoms with Gasteiger partial charge in [0.1, 0.15) is 9.84 Å². The molecule has 0 aromatic heterocycles. The summed E-state index contributed by atoms with van der Waals surface area (Å²) >= 11 is 0. The number of sulfone groups is 1. The Hall–Kier alpha value is -0.900. The van der Waals surface area contributed by atoms with Crippen molar-refractivity contribution < 1.29 is 22.6 Å². The molecule has 23 heavy (non-hydrogen) atoms. The fourth-order valence-electron chi connectivity index (χ4n) is 1.95. The normalized spacial score (nSPS) is 19.0. The Morgan fingerprint density at radius 3 is 2.70 bits per heavy atom. The third kappa shape index (κ3) is 11.3. The van der Waals surface area contributed by atoms with Crippen LogP contribution in [-0.4, -0.2) is 85.7 Å². The van der Waals surface area contributed by atoms with E-state index in [0.717, 1.165) is 26.0 Å². The Labute approximate surface area is 138 Å². The maximum Gasteiger partial charge on any atom is 0.191 e. The summed E-state index contributed by atoms with van der Waals surface area (Å²) in [6.45, 7) is 4.19. The first-order chi connectivity index (χ1) is 11.0. The predicted molar refractivity (Wildman–Crippen MR) is 89.7 cm³/mol. The van der Waals surface area contributed by atoms with Gasteiger partial charge in [-0.1, -0.05) is 0 Å². The van der Waals surface area contributed by atoms with E-state index in [1.807, 2.05) is 0 Å². The SMILES string of the molecule is CN=C(NCCCOC1CCOC1)NCCOCCS(C)(=O)=O. The molecule has 0 amide bonds. The van der Waals surface area contributed by atoms with Crippen LogP contribution >= 0.6 is 0 Å². The average Bonchev–Trinajstić information content (AvgIpc) is 3.00. The lowest BCUT2D eigenvalue weighted by atomic mass is 10.3. The van der Waals surface area contributed by atoms with E-state index in [1.54, 1.807) is 7.05 Å². The summed E-state index contributed by atoms with van der Waals surface area (Å²) in [6.07, 6.45) is 3.32. The lowest BCUT2D eigenvalue weighted by Crippen LogP contribution is -2.39. The van der Waals surface area contributed by atoms with Gasteiger partial charge < -0.3 is 24.8 Å².